The molecule has 0 aliphatic carbocycles. The molecule has 35 heavy (non-hydrogen) atoms. The van der Waals surface area contributed by atoms with Crippen LogP contribution in [0.2, 0.25) is 0 Å². The average molecular weight is 470 g/mol. The van der Waals surface area contributed by atoms with Crippen molar-refractivity contribution < 1.29 is 20.1 Å². The van der Waals surface area contributed by atoms with Crippen molar-refractivity contribution in [3.8, 4) is 28.7 Å². The summed E-state index contributed by atoms with van der Waals surface area (Å²) in [4.78, 5) is 2.12. The Morgan fingerprint density at radius 2 is 1.09 bits per heavy atom. The van der Waals surface area contributed by atoms with Gasteiger partial charge in [0, 0.05) is 5.56 Å². The first-order chi connectivity index (χ1) is 16.6. The number of ether oxygens (including phenoxy) is 1. The molecule has 0 atom stereocenters. The number of phenols is 3. The Balaban J connectivity index is 2.00. The Hall–Kier alpha value is -4.12. The Morgan fingerprint density at radius 1 is 0.600 bits per heavy atom. The van der Waals surface area contributed by atoms with Gasteiger partial charge in [-0.05, 0) is 118 Å². The minimum Gasteiger partial charge on any atom is -0.508 e. The van der Waals surface area contributed by atoms with E-state index in [0.29, 0.717) is 17.1 Å². The zero-order valence-corrected chi connectivity index (χ0v) is 21.0. The minimum absolute atomic E-state index is 0.185. The number of benzene rings is 4. The third-order valence-electron chi connectivity index (χ3n) is 6.20. The molecule has 0 heterocycles. The van der Waals surface area contributed by atoms with Crippen molar-refractivity contribution in [2.24, 2.45) is 0 Å². The highest BCUT2D eigenvalue weighted by Crippen LogP contribution is 2.48. The standard InChI is InChI=1S/C30H31NO4/c1-17-11-26(34)22(6)28(12-17)35-27-10-8-7-9-25(27)31(29-18(2)13-23(32)14-19(29)3)30-20(4)15-24(33)16-21(30)5/h7-16,32-34H,1-6H3. The van der Waals surface area contributed by atoms with Gasteiger partial charge in [-0.1, -0.05) is 12.1 Å². The van der Waals surface area contributed by atoms with Gasteiger partial charge >= 0.3 is 0 Å². The van der Waals surface area contributed by atoms with Gasteiger partial charge in [-0.3, -0.25) is 0 Å². The molecule has 0 spiro atoms. The lowest BCUT2D eigenvalue weighted by molar-refractivity contribution is 0.448. The third kappa shape index (κ3) is 4.62. The van der Waals surface area contributed by atoms with E-state index in [-0.39, 0.29) is 17.2 Å². The summed E-state index contributed by atoms with van der Waals surface area (Å²) >= 11 is 0. The van der Waals surface area contributed by atoms with Crippen LogP contribution < -0.4 is 9.64 Å². The number of nitrogens with zero attached hydrogens (tertiary/aromatic N) is 1. The molecule has 3 N–H and O–H groups in total. The lowest BCUT2D eigenvalue weighted by Gasteiger charge is -2.32. The zero-order chi connectivity index (χ0) is 25.4. The van der Waals surface area contributed by atoms with Gasteiger partial charge in [0.15, 0.2) is 5.75 Å². The first-order valence-corrected chi connectivity index (χ1v) is 11.5. The summed E-state index contributed by atoms with van der Waals surface area (Å²) in [7, 11) is 0. The van der Waals surface area contributed by atoms with Crippen LogP contribution in [0, 0.1) is 41.5 Å². The van der Waals surface area contributed by atoms with Crippen LogP contribution in [0.1, 0.15) is 33.4 Å². The molecule has 0 saturated carbocycles. The quantitative estimate of drug-likeness (QED) is 0.277. The molecule has 4 aromatic carbocycles. The Kier molecular flexibility index (Phi) is 6.35. The average Bonchev–Trinajstić information content (AvgIpc) is 2.75. The van der Waals surface area contributed by atoms with Crippen LogP contribution in [0.5, 0.6) is 28.7 Å². The molecule has 5 nitrogen and oxygen atoms in total. The fourth-order valence-corrected chi connectivity index (χ4v) is 4.68. The highest BCUT2D eigenvalue weighted by atomic mass is 16.5. The van der Waals surface area contributed by atoms with Crippen LogP contribution in [-0.4, -0.2) is 15.3 Å². The second-order valence-corrected chi connectivity index (χ2v) is 9.17. The normalized spacial score (nSPS) is 10.9. The minimum atomic E-state index is 0.185. The number of phenolic OH excluding ortho intramolecular Hbond substituents is 3. The number of rotatable bonds is 5. The zero-order valence-electron chi connectivity index (χ0n) is 21.0. The summed E-state index contributed by atoms with van der Waals surface area (Å²) in [5.74, 6) is 1.79. The maximum atomic E-state index is 10.4. The van der Waals surface area contributed by atoms with Crippen molar-refractivity contribution in [3.05, 3.63) is 94.0 Å². The van der Waals surface area contributed by atoms with Crippen molar-refractivity contribution >= 4 is 17.1 Å². The monoisotopic (exact) mass is 469 g/mol. The molecule has 180 valence electrons. The van der Waals surface area contributed by atoms with E-state index in [1.165, 1.54) is 0 Å². The smallest absolute Gasteiger partial charge is 0.151 e. The van der Waals surface area contributed by atoms with Gasteiger partial charge in [0.2, 0.25) is 0 Å². The molecule has 0 amide bonds. The van der Waals surface area contributed by atoms with E-state index in [9.17, 15) is 15.3 Å². The van der Waals surface area contributed by atoms with Gasteiger partial charge < -0.3 is 25.0 Å². The predicted molar refractivity (Wildman–Crippen MR) is 141 cm³/mol. The van der Waals surface area contributed by atoms with E-state index in [4.69, 9.17) is 4.74 Å². The van der Waals surface area contributed by atoms with Gasteiger partial charge in [-0.2, -0.15) is 0 Å². The maximum Gasteiger partial charge on any atom is 0.151 e. The Bertz CT molecular complexity index is 1320. The molecule has 0 aromatic heterocycles. The highest BCUT2D eigenvalue weighted by molar-refractivity contribution is 5.86. The summed E-state index contributed by atoms with van der Waals surface area (Å²) < 4.78 is 6.43. The van der Waals surface area contributed by atoms with Gasteiger partial charge in [-0.25, -0.2) is 0 Å². The summed E-state index contributed by atoms with van der Waals surface area (Å²) in [6, 6.07) is 18.3. The SMILES string of the molecule is Cc1cc(O)c(C)c(Oc2ccccc2N(c2c(C)cc(O)cc2C)c2c(C)cc(O)cc2C)c1. The van der Waals surface area contributed by atoms with Gasteiger partial charge in [0.25, 0.3) is 0 Å². The number of hydrogen-bond donors (Lipinski definition) is 3. The van der Waals surface area contributed by atoms with Crippen LogP contribution in [-0.2, 0) is 0 Å². The summed E-state index contributed by atoms with van der Waals surface area (Å²) in [5, 5.41) is 30.8. The summed E-state index contributed by atoms with van der Waals surface area (Å²) in [6.07, 6.45) is 0. The second-order valence-electron chi connectivity index (χ2n) is 9.17. The first-order valence-electron chi connectivity index (χ1n) is 11.5. The van der Waals surface area contributed by atoms with Gasteiger partial charge in [0.05, 0.1) is 17.1 Å². The molecular formula is C30H31NO4. The number of aryl methyl sites for hydroxylation is 5. The van der Waals surface area contributed by atoms with E-state index in [1.807, 2.05) is 71.9 Å². The van der Waals surface area contributed by atoms with Crippen molar-refractivity contribution in [3.63, 3.8) is 0 Å². The Labute approximate surface area is 206 Å². The van der Waals surface area contributed by atoms with E-state index >= 15 is 0 Å². The number of aromatic hydroxyl groups is 3. The second kappa shape index (κ2) is 9.26. The van der Waals surface area contributed by atoms with Gasteiger partial charge in [-0.15, -0.1) is 0 Å². The molecule has 0 fully saturated rings. The highest BCUT2D eigenvalue weighted by Gasteiger charge is 2.24. The van der Waals surface area contributed by atoms with Crippen LogP contribution in [0.3, 0.4) is 0 Å². The number of anilines is 3. The third-order valence-corrected chi connectivity index (χ3v) is 6.20. The van der Waals surface area contributed by atoms with Crippen LogP contribution in [0.25, 0.3) is 0 Å². The van der Waals surface area contributed by atoms with Crippen molar-refractivity contribution in [1.29, 1.82) is 0 Å². The van der Waals surface area contributed by atoms with E-state index in [2.05, 4.69) is 4.90 Å². The lowest BCUT2D eigenvalue weighted by atomic mass is 10.0. The molecule has 0 unspecified atom stereocenters. The topological polar surface area (TPSA) is 73.2 Å². The molecule has 0 radical (unpaired) electrons. The summed E-state index contributed by atoms with van der Waals surface area (Å²) in [5.41, 5.74) is 7.77. The number of hydrogen-bond acceptors (Lipinski definition) is 5. The maximum absolute atomic E-state index is 10.4. The fourth-order valence-electron chi connectivity index (χ4n) is 4.68. The predicted octanol–water partition coefficient (Wildman–Crippen LogP) is 7.92. The van der Waals surface area contributed by atoms with Crippen LogP contribution in [0.4, 0.5) is 17.1 Å². The first kappa shape index (κ1) is 24.0. The van der Waals surface area contributed by atoms with E-state index < -0.39 is 0 Å². The van der Waals surface area contributed by atoms with Gasteiger partial charge in [0.1, 0.15) is 23.0 Å². The molecule has 4 rings (SSSR count). The van der Waals surface area contributed by atoms with Crippen LogP contribution in [0.15, 0.2) is 60.7 Å². The Morgan fingerprint density at radius 3 is 1.60 bits per heavy atom. The van der Waals surface area contributed by atoms with Crippen molar-refractivity contribution in [1.82, 2.24) is 0 Å². The van der Waals surface area contributed by atoms with Crippen molar-refractivity contribution in [2.45, 2.75) is 41.5 Å². The molecule has 5 heteroatoms. The molecule has 0 aliphatic heterocycles. The largest absolute Gasteiger partial charge is 0.508 e. The summed E-state index contributed by atoms with van der Waals surface area (Å²) in [6.45, 7) is 11.6. The van der Waals surface area contributed by atoms with Crippen LogP contribution >= 0.6 is 0 Å². The molecular weight excluding hydrogens is 438 g/mol. The molecule has 0 aliphatic rings. The lowest BCUT2D eigenvalue weighted by Crippen LogP contribution is -2.16. The molecule has 0 saturated heterocycles. The fraction of sp³-hybridized carbons (Fsp3) is 0.200. The molecule has 0 bridgehead atoms. The van der Waals surface area contributed by atoms with E-state index in [0.717, 1.165) is 44.9 Å². The van der Waals surface area contributed by atoms with Crippen molar-refractivity contribution in [2.75, 3.05) is 4.90 Å². The van der Waals surface area contributed by atoms with E-state index in [1.54, 1.807) is 30.3 Å². The molecule has 4 aromatic rings. The number of para-hydroxylation sites is 2.